The fraction of sp³-hybridized carbons (Fsp3) is 0.455. The number of anilines is 1. The third-order valence-electron chi connectivity index (χ3n) is 2.81. The van der Waals surface area contributed by atoms with E-state index in [0.29, 0.717) is 11.4 Å². The first-order valence-corrected chi connectivity index (χ1v) is 5.61. The highest BCUT2D eigenvalue weighted by molar-refractivity contribution is 5.93. The van der Waals surface area contributed by atoms with Crippen molar-refractivity contribution in [1.82, 2.24) is 20.3 Å². The van der Waals surface area contributed by atoms with Crippen LogP contribution in [0.5, 0.6) is 0 Å². The molecule has 6 heteroatoms. The number of pyridine rings is 1. The second kappa shape index (κ2) is 5.11. The summed E-state index contributed by atoms with van der Waals surface area (Å²) < 4.78 is 0. The van der Waals surface area contributed by atoms with Gasteiger partial charge >= 0.3 is 0 Å². The highest BCUT2D eigenvalue weighted by Crippen LogP contribution is 2.02. The molecule has 0 bridgehead atoms. The molecule has 0 aromatic carbocycles. The number of hydrogen-bond donors (Lipinski definition) is 2. The Morgan fingerprint density at radius 3 is 2.65 bits per heavy atom. The van der Waals surface area contributed by atoms with Crippen LogP contribution in [0, 0.1) is 0 Å². The van der Waals surface area contributed by atoms with Gasteiger partial charge in [0.15, 0.2) is 0 Å². The second-order valence-electron chi connectivity index (χ2n) is 4.20. The van der Waals surface area contributed by atoms with Crippen molar-refractivity contribution in [2.75, 3.05) is 39.0 Å². The Hall–Kier alpha value is -1.66. The van der Waals surface area contributed by atoms with Gasteiger partial charge in [-0.1, -0.05) is 0 Å². The van der Waals surface area contributed by atoms with Gasteiger partial charge in [0.2, 0.25) is 0 Å². The van der Waals surface area contributed by atoms with Gasteiger partial charge in [0.05, 0.1) is 5.56 Å². The predicted molar refractivity (Wildman–Crippen MR) is 65.2 cm³/mol. The molecule has 1 aromatic heterocycles. The van der Waals surface area contributed by atoms with Crippen LogP contribution >= 0.6 is 0 Å². The predicted octanol–water partition coefficient (Wildman–Crippen LogP) is -0.444. The zero-order chi connectivity index (χ0) is 12.3. The molecule has 0 atom stereocenters. The number of nitrogen functional groups attached to an aromatic ring is 1. The Morgan fingerprint density at radius 2 is 2.06 bits per heavy atom. The average molecular weight is 235 g/mol. The number of hydrogen-bond acceptors (Lipinski definition) is 5. The molecule has 3 N–H and O–H groups in total. The number of carbonyl (C=O) groups excluding carboxylic acids is 1. The molecule has 2 rings (SSSR count). The molecule has 1 aromatic rings. The largest absolute Gasteiger partial charge is 0.384 e. The number of amides is 1. The summed E-state index contributed by atoms with van der Waals surface area (Å²) in [6.45, 7) is 3.59. The monoisotopic (exact) mass is 235 g/mol. The molecule has 2 heterocycles. The van der Waals surface area contributed by atoms with Gasteiger partial charge < -0.3 is 10.6 Å². The minimum Gasteiger partial charge on any atom is -0.384 e. The van der Waals surface area contributed by atoms with E-state index < -0.39 is 0 Å². The average Bonchev–Trinajstić information content (AvgIpc) is 2.33. The van der Waals surface area contributed by atoms with E-state index in [4.69, 9.17) is 5.73 Å². The molecular weight excluding hydrogens is 218 g/mol. The van der Waals surface area contributed by atoms with Crippen LogP contribution in [0.4, 0.5) is 5.82 Å². The lowest BCUT2D eigenvalue weighted by Crippen LogP contribution is -2.52. The Morgan fingerprint density at radius 1 is 1.35 bits per heavy atom. The van der Waals surface area contributed by atoms with E-state index in [2.05, 4.69) is 22.4 Å². The Bertz CT molecular complexity index is 383. The van der Waals surface area contributed by atoms with Crippen molar-refractivity contribution < 1.29 is 4.79 Å². The number of nitrogens with zero attached hydrogens (tertiary/aromatic N) is 3. The Kier molecular flexibility index (Phi) is 3.55. The van der Waals surface area contributed by atoms with Gasteiger partial charge in [0, 0.05) is 32.4 Å². The summed E-state index contributed by atoms with van der Waals surface area (Å²) >= 11 is 0. The fourth-order valence-electron chi connectivity index (χ4n) is 1.67. The normalized spacial score (nSPS) is 17.9. The molecule has 0 radical (unpaired) electrons. The molecule has 1 amide bonds. The number of nitrogens with two attached hydrogens (primary N) is 1. The summed E-state index contributed by atoms with van der Waals surface area (Å²) in [4.78, 5) is 18.0. The van der Waals surface area contributed by atoms with Crippen molar-refractivity contribution in [1.29, 1.82) is 0 Å². The van der Waals surface area contributed by atoms with Crippen LogP contribution in [-0.4, -0.2) is 54.0 Å². The lowest BCUT2D eigenvalue weighted by Gasteiger charge is -2.32. The number of rotatable bonds is 2. The van der Waals surface area contributed by atoms with Crippen molar-refractivity contribution in [2.45, 2.75) is 0 Å². The third kappa shape index (κ3) is 3.15. The maximum Gasteiger partial charge on any atom is 0.267 e. The topological polar surface area (TPSA) is 74.5 Å². The quantitative estimate of drug-likeness (QED) is 0.726. The van der Waals surface area contributed by atoms with Crippen molar-refractivity contribution in [3.63, 3.8) is 0 Å². The SMILES string of the molecule is CN1CCN(NC(=O)c2ccc(N)nc2)CC1. The summed E-state index contributed by atoms with van der Waals surface area (Å²) in [7, 11) is 2.07. The first kappa shape index (κ1) is 11.8. The summed E-state index contributed by atoms with van der Waals surface area (Å²) in [6.07, 6.45) is 1.49. The molecular formula is C11H17N5O. The van der Waals surface area contributed by atoms with Gasteiger partial charge in [0.25, 0.3) is 5.91 Å². The van der Waals surface area contributed by atoms with E-state index in [1.165, 1.54) is 6.20 Å². The van der Waals surface area contributed by atoms with Crippen LogP contribution in [-0.2, 0) is 0 Å². The molecule has 1 aliphatic heterocycles. The molecule has 17 heavy (non-hydrogen) atoms. The van der Waals surface area contributed by atoms with Crippen molar-refractivity contribution in [3.8, 4) is 0 Å². The Labute approximate surface area is 100 Å². The molecule has 0 unspecified atom stereocenters. The van der Waals surface area contributed by atoms with Crippen LogP contribution < -0.4 is 11.2 Å². The standard InChI is InChI=1S/C11H17N5O/c1-15-4-6-16(7-5-15)14-11(17)9-2-3-10(12)13-8-9/h2-3,8H,4-7H2,1H3,(H2,12,13)(H,14,17). The number of nitrogens with one attached hydrogen (secondary N) is 1. The highest BCUT2D eigenvalue weighted by Gasteiger charge is 2.16. The van der Waals surface area contributed by atoms with Crippen molar-refractivity contribution >= 4 is 11.7 Å². The molecule has 0 saturated carbocycles. The summed E-state index contributed by atoms with van der Waals surface area (Å²) in [5.74, 6) is 0.281. The number of hydrazine groups is 1. The molecule has 1 saturated heterocycles. The van der Waals surface area contributed by atoms with Gasteiger partial charge in [-0.25, -0.2) is 9.99 Å². The van der Waals surface area contributed by atoms with E-state index in [1.54, 1.807) is 12.1 Å². The van der Waals surface area contributed by atoms with Crippen LogP contribution in [0.2, 0.25) is 0 Å². The second-order valence-corrected chi connectivity index (χ2v) is 4.20. The minimum absolute atomic E-state index is 0.137. The lowest BCUT2D eigenvalue weighted by molar-refractivity contribution is 0.0662. The van der Waals surface area contributed by atoms with Gasteiger partial charge in [-0.15, -0.1) is 0 Å². The molecule has 1 aliphatic rings. The van der Waals surface area contributed by atoms with E-state index in [0.717, 1.165) is 26.2 Å². The maximum absolute atomic E-state index is 11.9. The van der Waals surface area contributed by atoms with Crippen molar-refractivity contribution in [3.05, 3.63) is 23.9 Å². The van der Waals surface area contributed by atoms with Gasteiger partial charge in [-0.2, -0.15) is 0 Å². The van der Waals surface area contributed by atoms with Gasteiger partial charge in [-0.05, 0) is 19.2 Å². The van der Waals surface area contributed by atoms with Crippen LogP contribution in [0.1, 0.15) is 10.4 Å². The molecule has 0 spiro atoms. The molecule has 1 fully saturated rings. The Balaban J connectivity index is 1.91. The number of likely N-dealkylation sites (N-methyl/N-ethyl adjacent to an activating group) is 1. The van der Waals surface area contributed by atoms with E-state index in [1.807, 2.05) is 5.01 Å². The van der Waals surface area contributed by atoms with Crippen LogP contribution in [0.25, 0.3) is 0 Å². The fourth-order valence-corrected chi connectivity index (χ4v) is 1.67. The first-order valence-electron chi connectivity index (χ1n) is 5.61. The summed E-state index contributed by atoms with van der Waals surface area (Å²) in [6, 6.07) is 3.30. The highest BCUT2D eigenvalue weighted by atomic mass is 16.2. The zero-order valence-corrected chi connectivity index (χ0v) is 9.89. The van der Waals surface area contributed by atoms with Crippen molar-refractivity contribution in [2.24, 2.45) is 0 Å². The summed E-state index contributed by atoms with van der Waals surface area (Å²) in [5, 5.41) is 1.93. The molecule has 6 nitrogen and oxygen atoms in total. The lowest BCUT2D eigenvalue weighted by atomic mass is 10.2. The molecule has 92 valence electrons. The third-order valence-corrected chi connectivity index (χ3v) is 2.81. The number of piperazine rings is 1. The molecule has 0 aliphatic carbocycles. The van der Waals surface area contributed by atoms with E-state index >= 15 is 0 Å². The first-order chi connectivity index (χ1) is 8.15. The van der Waals surface area contributed by atoms with E-state index in [-0.39, 0.29) is 5.91 Å². The zero-order valence-electron chi connectivity index (χ0n) is 9.89. The number of carbonyl (C=O) groups is 1. The number of aromatic nitrogens is 1. The van der Waals surface area contributed by atoms with E-state index in [9.17, 15) is 4.79 Å². The summed E-state index contributed by atoms with van der Waals surface area (Å²) in [5.41, 5.74) is 8.86. The minimum atomic E-state index is -0.137. The van der Waals surface area contributed by atoms with Gasteiger partial charge in [0.1, 0.15) is 5.82 Å². The van der Waals surface area contributed by atoms with Crippen LogP contribution in [0.3, 0.4) is 0 Å². The van der Waals surface area contributed by atoms with Crippen LogP contribution in [0.15, 0.2) is 18.3 Å². The maximum atomic E-state index is 11.9. The van der Waals surface area contributed by atoms with Gasteiger partial charge in [-0.3, -0.25) is 10.2 Å². The smallest absolute Gasteiger partial charge is 0.267 e.